The third kappa shape index (κ3) is 3.27. The molecule has 0 radical (unpaired) electrons. The number of carbonyl (C=O) groups excluding carboxylic acids is 1. The summed E-state index contributed by atoms with van der Waals surface area (Å²) in [5.74, 6) is 0.655. The van der Waals surface area contributed by atoms with E-state index in [1.54, 1.807) is 37.3 Å². The van der Waals surface area contributed by atoms with Gasteiger partial charge in [0.05, 0.1) is 5.56 Å². The van der Waals surface area contributed by atoms with Crippen molar-refractivity contribution >= 4 is 11.6 Å². The molecule has 2 N–H and O–H groups in total. The molecule has 3 rings (SSSR count). The average molecular weight is 323 g/mol. The van der Waals surface area contributed by atoms with E-state index in [0.29, 0.717) is 29.1 Å². The van der Waals surface area contributed by atoms with Crippen LogP contribution in [0, 0.1) is 6.92 Å². The molecule has 0 bridgehead atoms. The molecule has 24 heavy (non-hydrogen) atoms. The largest absolute Gasteiger partial charge is 0.507 e. The second-order valence-electron chi connectivity index (χ2n) is 5.43. The van der Waals surface area contributed by atoms with Gasteiger partial charge < -0.3 is 14.9 Å². The second kappa shape index (κ2) is 6.54. The smallest absolute Gasteiger partial charge is 0.261 e. The summed E-state index contributed by atoms with van der Waals surface area (Å²) in [6.07, 6.45) is 0.406. The van der Waals surface area contributed by atoms with Crippen molar-refractivity contribution in [2.45, 2.75) is 20.3 Å². The number of phenols is 1. The number of hydrogen-bond donors (Lipinski definition) is 2. The number of amides is 1. The predicted molar refractivity (Wildman–Crippen MR) is 90.5 cm³/mol. The van der Waals surface area contributed by atoms with Crippen molar-refractivity contribution in [3.05, 3.63) is 48.0 Å². The Morgan fingerprint density at radius 2 is 2.08 bits per heavy atom. The summed E-state index contributed by atoms with van der Waals surface area (Å²) in [7, 11) is 0. The average Bonchev–Trinajstić information content (AvgIpc) is 3.04. The van der Waals surface area contributed by atoms with Crippen LogP contribution in [0.1, 0.15) is 18.9 Å². The zero-order valence-corrected chi connectivity index (χ0v) is 13.4. The van der Waals surface area contributed by atoms with Gasteiger partial charge in [-0.2, -0.15) is 4.98 Å². The first-order valence-corrected chi connectivity index (χ1v) is 7.61. The normalized spacial score (nSPS) is 10.6. The van der Waals surface area contributed by atoms with Crippen molar-refractivity contribution < 1.29 is 14.4 Å². The van der Waals surface area contributed by atoms with E-state index in [4.69, 9.17) is 4.52 Å². The number of nitrogens with zero attached hydrogens (tertiary/aromatic N) is 2. The van der Waals surface area contributed by atoms with Gasteiger partial charge >= 0.3 is 0 Å². The van der Waals surface area contributed by atoms with Crippen molar-refractivity contribution in [1.29, 1.82) is 0 Å². The Bertz CT molecular complexity index is 887. The Morgan fingerprint density at radius 3 is 2.83 bits per heavy atom. The van der Waals surface area contributed by atoms with E-state index in [1.165, 1.54) is 0 Å². The fraction of sp³-hybridized carbons (Fsp3) is 0.167. The summed E-state index contributed by atoms with van der Waals surface area (Å²) in [5, 5.41) is 16.8. The summed E-state index contributed by atoms with van der Waals surface area (Å²) in [6.45, 7) is 3.68. The van der Waals surface area contributed by atoms with E-state index < -0.39 is 0 Å². The first-order chi connectivity index (χ1) is 11.6. The molecule has 0 saturated heterocycles. The maximum Gasteiger partial charge on any atom is 0.261 e. The Hall–Kier alpha value is -3.15. The summed E-state index contributed by atoms with van der Waals surface area (Å²) in [6, 6.07) is 12.4. The first-order valence-electron chi connectivity index (χ1n) is 7.61. The minimum atomic E-state index is -0.0643. The number of nitrogens with one attached hydrogen (secondary N) is 1. The Labute approximate surface area is 139 Å². The minimum absolute atomic E-state index is 0.0643. The summed E-state index contributed by atoms with van der Waals surface area (Å²) in [4.78, 5) is 15.8. The van der Waals surface area contributed by atoms with Crippen LogP contribution in [0.3, 0.4) is 0 Å². The van der Waals surface area contributed by atoms with E-state index in [-0.39, 0.29) is 17.5 Å². The van der Waals surface area contributed by atoms with E-state index in [2.05, 4.69) is 15.5 Å². The van der Waals surface area contributed by atoms with Crippen LogP contribution in [0.2, 0.25) is 0 Å². The fourth-order valence-corrected chi connectivity index (χ4v) is 2.26. The summed E-state index contributed by atoms with van der Waals surface area (Å²) < 4.78 is 5.26. The molecule has 0 aliphatic heterocycles. The lowest BCUT2D eigenvalue weighted by molar-refractivity contribution is -0.115. The van der Waals surface area contributed by atoms with Gasteiger partial charge in [0.2, 0.25) is 11.7 Å². The highest BCUT2D eigenvalue weighted by atomic mass is 16.5. The third-order valence-electron chi connectivity index (χ3n) is 3.54. The number of aromatic nitrogens is 2. The van der Waals surface area contributed by atoms with E-state index in [9.17, 15) is 9.90 Å². The van der Waals surface area contributed by atoms with Crippen LogP contribution in [-0.2, 0) is 4.79 Å². The van der Waals surface area contributed by atoms with Gasteiger partial charge in [-0.1, -0.05) is 30.3 Å². The molecule has 2 aromatic carbocycles. The lowest BCUT2D eigenvalue weighted by Gasteiger charge is -2.04. The molecular formula is C18H17N3O3. The summed E-state index contributed by atoms with van der Waals surface area (Å²) >= 11 is 0. The number of aryl methyl sites for hydroxylation is 1. The molecular weight excluding hydrogens is 306 g/mol. The van der Waals surface area contributed by atoms with E-state index in [0.717, 1.165) is 5.56 Å². The van der Waals surface area contributed by atoms with Gasteiger partial charge in [0.1, 0.15) is 5.75 Å². The predicted octanol–water partition coefficient (Wildman–Crippen LogP) is 3.77. The van der Waals surface area contributed by atoms with Gasteiger partial charge in [-0.3, -0.25) is 4.79 Å². The lowest BCUT2D eigenvalue weighted by Crippen LogP contribution is -2.09. The quantitative estimate of drug-likeness (QED) is 0.763. The van der Waals surface area contributed by atoms with Crippen LogP contribution in [0.25, 0.3) is 22.8 Å². The molecule has 0 saturated carbocycles. The topological polar surface area (TPSA) is 88.2 Å². The molecule has 6 nitrogen and oxygen atoms in total. The standard InChI is InChI=1S/C18H17N3O3/c1-3-16(23)19-13-6-4-5-12(10-13)17-20-18(24-21-17)14-8-7-11(2)9-15(14)22/h4-10,22H,3H2,1-2H3,(H,19,23). The monoisotopic (exact) mass is 323 g/mol. The molecule has 1 heterocycles. The van der Waals surface area contributed by atoms with E-state index >= 15 is 0 Å². The maximum atomic E-state index is 11.5. The third-order valence-corrected chi connectivity index (χ3v) is 3.54. The van der Waals surface area contributed by atoms with Crippen LogP contribution in [-0.4, -0.2) is 21.2 Å². The molecule has 0 unspecified atom stereocenters. The molecule has 1 amide bonds. The Balaban J connectivity index is 1.90. The Kier molecular flexibility index (Phi) is 4.29. The number of hydrogen-bond acceptors (Lipinski definition) is 5. The molecule has 0 aliphatic carbocycles. The highest BCUT2D eigenvalue weighted by Gasteiger charge is 2.14. The Morgan fingerprint density at radius 1 is 1.25 bits per heavy atom. The van der Waals surface area contributed by atoms with Gasteiger partial charge in [-0.05, 0) is 36.8 Å². The maximum absolute atomic E-state index is 11.5. The van der Waals surface area contributed by atoms with Gasteiger partial charge in [0, 0.05) is 17.7 Å². The zero-order valence-electron chi connectivity index (χ0n) is 13.4. The highest BCUT2D eigenvalue weighted by molar-refractivity contribution is 5.91. The van der Waals surface area contributed by atoms with Crippen LogP contribution in [0.15, 0.2) is 47.0 Å². The number of rotatable bonds is 4. The minimum Gasteiger partial charge on any atom is -0.507 e. The van der Waals surface area contributed by atoms with Gasteiger partial charge in [0.25, 0.3) is 5.89 Å². The second-order valence-corrected chi connectivity index (χ2v) is 5.43. The number of anilines is 1. The van der Waals surface area contributed by atoms with Crippen molar-refractivity contribution in [3.63, 3.8) is 0 Å². The van der Waals surface area contributed by atoms with Crippen molar-refractivity contribution in [1.82, 2.24) is 10.1 Å². The molecule has 0 atom stereocenters. The molecule has 6 heteroatoms. The van der Waals surface area contributed by atoms with Crippen LogP contribution >= 0.6 is 0 Å². The van der Waals surface area contributed by atoms with Crippen molar-refractivity contribution in [2.75, 3.05) is 5.32 Å². The van der Waals surface area contributed by atoms with E-state index in [1.807, 2.05) is 19.1 Å². The number of benzene rings is 2. The molecule has 0 fully saturated rings. The molecule has 0 spiro atoms. The number of aromatic hydroxyl groups is 1. The first kappa shape index (κ1) is 15.7. The zero-order chi connectivity index (χ0) is 17.1. The molecule has 0 aliphatic rings. The molecule has 1 aromatic heterocycles. The van der Waals surface area contributed by atoms with Crippen LogP contribution in [0.4, 0.5) is 5.69 Å². The van der Waals surface area contributed by atoms with Crippen LogP contribution < -0.4 is 5.32 Å². The van der Waals surface area contributed by atoms with Gasteiger partial charge in [-0.15, -0.1) is 0 Å². The van der Waals surface area contributed by atoms with Crippen molar-refractivity contribution in [3.8, 4) is 28.6 Å². The van der Waals surface area contributed by atoms with Crippen LogP contribution in [0.5, 0.6) is 5.75 Å². The van der Waals surface area contributed by atoms with Gasteiger partial charge in [0.15, 0.2) is 0 Å². The van der Waals surface area contributed by atoms with Crippen molar-refractivity contribution in [2.24, 2.45) is 0 Å². The highest BCUT2D eigenvalue weighted by Crippen LogP contribution is 2.30. The fourth-order valence-electron chi connectivity index (χ4n) is 2.26. The number of carbonyl (C=O) groups is 1. The molecule has 122 valence electrons. The van der Waals surface area contributed by atoms with Gasteiger partial charge in [-0.25, -0.2) is 0 Å². The number of phenolic OH excluding ortho intramolecular Hbond substituents is 1. The lowest BCUT2D eigenvalue weighted by atomic mass is 10.1. The SMILES string of the molecule is CCC(=O)Nc1cccc(-c2noc(-c3ccc(C)cc3O)n2)c1. The summed E-state index contributed by atoms with van der Waals surface area (Å²) in [5.41, 5.74) is 2.81. The molecule has 3 aromatic rings.